The van der Waals surface area contributed by atoms with Crippen LogP contribution in [0.15, 0.2) is 47.3 Å². The van der Waals surface area contributed by atoms with E-state index in [1.54, 1.807) is 18.6 Å². The molecule has 0 radical (unpaired) electrons. The molecule has 1 aromatic heterocycles. The van der Waals surface area contributed by atoms with Crippen LogP contribution in [0.1, 0.15) is 24.1 Å². The van der Waals surface area contributed by atoms with Gasteiger partial charge in [0.2, 0.25) is 0 Å². The Hall–Kier alpha value is -2.27. The minimum atomic E-state index is -0.255. The molecule has 4 N–H and O–H groups in total. The molecule has 0 aliphatic heterocycles. The van der Waals surface area contributed by atoms with Gasteiger partial charge in [0.15, 0.2) is 0 Å². The van der Waals surface area contributed by atoms with Gasteiger partial charge in [0.05, 0.1) is 12.5 Å². The second-order valence-corrected chi connectivity index (χ2v) is 4.35. The molecule has 2 rings (SSSR count). The summed E-state index contributed by atoms with van der Waals surface area (Å²) < 4.78 is 4.92. The van der Waals surface area contributed by atoms with Crippen molar-refractivity contribution in [3.8, 4) is 0 Å². The van der Waals surface area contributed by atoms with Gasteiger partial charge in [0.25, 0.3) is 0 Å². The average molecular weight is 259 g/mol. The third-order valence-corrected chi connectivity index (χ3v) is 2.73. The van der Waals surface area contributed by atoms with Gasteiger partial charge in [-0.05, 0) is 30.7 Å². The molecular formula is C14H17N3O2. The Morgan fingerprint density at radius 2 is 2.05 bits per heavy atom. The van der Waals surface area contributed by atoms with Gasteiger partial charge in [0.1, 0.15) is 0 Å². The highest BCUT2D eigenvalue weighted by atomic mass is 16.3. The van der Waals surface area contributed by atoms with E-state index in [0.717, 1.165) is 16.8 Å². The van der Waals surface area contributed by atoms with E-state index in [0.29, 0.717) is 6.54 Å². The minimum absolute atomic E-state index is 0.0102. The van der Waals surface area contributed by atoms with E-state index in [2.05, 4.69) is 10.6 Å². The number of hydrogen-bond acceptors (Lipinski definition) is 3. The number of nitrogens with two attached hydrogens (primary N) is 1. The Bertz CT molecular complexity index is 518. The zero-order chi connectivity index (χ0) is 13.7. The summed E-state index contributed by atoms with van der Waals surface area (Å²) in [4.78, 5) is 11.6. The van der Waals surface area contributed by atoms with Gasteiger partial charge in [-0.15, -0.1) is 0 Å². The van der Waals surface area contributed by atoms with Crippen molar-refractivity contribution in [2.45, 2.75) is 19.5 Å². The highest BCUT2D eigenvalue weighted by Crippen LogP contribution is 2.14. The number of hydrogen-bond donors (Lipinski definition) is 3. The van der Waals surface area contributed by atoms with Crippen molar-refractivity contribution in [1.29, 1.82) is 0 Å². The summed E-state index contributed by atoms with van der Waals surface area (Å²) in [6.45, 7) is 2.35. The zero-order valence-corrected chi connectivity index (χ0v) is 10.7. The molecule has 1 unspecified atom stereocenters. The number of rotatable bonds is 4. The Balaban J connectivity index is 1.84. The maximum Gasteiger partial charge on any atom is 0.319 e. The molecule has 2 amide bonds. The first-order valence-electron chi connectivity index (χ1n) is 6.06. The summed E-state index contributed by atoms with van der Waals surface area (Å²) in [7, 11) is 0. The smallest absolute Gasteiger partial charge is 0.319 e. The van der Waals surface area contributed by atoms with E-state index in [-0.39, 0.29) is 12.1 Å². The lowest BCUT2D eigenvalue weighted by Gasteiger charge is -2.09. The lowest BCUT2D eigenvalue weighted by Crippen LogP contribution is -2.27. The van der Waals surface area contributed by atoms with Crippen LogP contribution in [0.25, 0.3) is 0 Å². The molecule has 100 valence electrons. The first-order valence-corrected chi connectivity index (χ1v) is 6.06. The molecule has 0 bridgehead atoms. The predicted molar refractivity (Wildman–Crippen MR) is 73.6 cm³/mol. The van der Waals surface area contributed by atoms with Gasteiger partial charge >= 0.3 is 6.03 Å². The maximum atomic E-state index is 11.6. The maximum absolute atomic E-state index is 11.6. The lowest BCUT2D eigenvalue weighted by atomic mass is 10.1. The second kappa shape index (κ2) is 6.06. The van der Waals surface area contributed by atoms with Crippen molar-refractivity contribution in [2.75, 3.05) is 5.32 Å². The van der Waals surface area contributed by atoms with Crippen molar-refractivity contribution in [3.05, 3.63) is 54.0 Å². The fourth-order valence-corrected chi connectivity index (χ4v) is 1.62. The zero-order valence-electron chi connectivity index (χ0n) is 10.7. The van der Waals surface area contributed by atoms with E-state index >= 15 is 0 Å². The van der Waals surface area contributed by atoms with Gasteiger partial charge in [-0.3, -0.25) is 0 Å². The molecule has 5 nitrogen and oxygen atoms in total. The van der Waals surface area contributed by atoms with Crippen LogP contribution in [-0.4, -0.2) is 6.03 Å². The Morgan fingerprint density at radius 3 is 2.63 bits per heavy atom. The fourth-order valence-electron chi connectivity index (χ4n) is 1.62. The molecule has 1 atom stereocenters. The summed E-state index contributed by atoms with van der Waals surface area (Å²) in [5.41, 5.74) is 8.44. The number of furan rings is 1. The largest absolute Gasteiger partial charge is 0.472 e. The van der Waals surface area contributed by atoms with Crippen LogP contribution >= 0.6 is 0 Å². The second-order valence-electron chi connectivity index (χ2n) is 4.35. The van der Waals surface area contributed by atoms with Crippen LogP contribution < -0.4 is 16.4 Å². The van der Waals surface area contributed by atoms with Gasteiger partial charge in [-0.25, -0.2) is 4.79 Å². The Kier molecular flexibility index (Phi) is 4.20. The third kappa shape index (κ3) is 3.86. The van der Waals surface area contributed by atoms with Gasteiger partial charge in [-0.2, -0.15) is 0 Å². The summed E-state index contributed by atoms with van der Waals surface area (Å²) in [6, 6.07) is 9.00. The molecule has 0 saturated heterocycles. The number of carbonyl (C=O) groups excluding carboxylic acids is 1. The molecule has 2 aromatic rings. The number of amides is 2. The van der Waals surface area contributed by atoms with Crippen molar-refractivity contribution in [1.82, 2.24) is 5.32 Å². The molecule has 0 aliphatic rings. The first kappa shape index (κ1) is 13.2. The van der Waals surface area contributed by atoms with Crippen LogP contribution in [0.2, 0.25) is 0 Å². The van der Waals surface area contributed by atoms with E-state index in [9.17, 15) is 4.79 Å². The monoisotopic (exact) mass is 259 g/mol. The van der Waals surface area contributed by atoms with Gasteiger partial charge in [0, 0.05) is 23.8 Å². The van der Waals surface area contributed by atoms with Crippen molar-refractivity contribution in [3.63, 3.8) is 0 Å². The highest BCUT2D eigenvalue weighted by Gasteiger charge is 2.03. The van der Waals surface area contributed by atoms with E-state index < -0.39 is 0 Å². The van der Waals surface area contributed by atoms with E-state index in [1.165, 1.54) is 0 Å². The van der Waals surface area contributed by atoms with Gasteiger partial charge < -0.3 is 20.8 Å². The van der Waals surface area contributed by atoms with Crippen LogP contribution in [0.5, 0.6) is 0 Å². The topological polar surface area (TPSA) is 80.3 Å². The van der Waals surface area contributed by atoms with E-state index in [4.69, 9.17) is 10.2 Å². The number of urea groups is 1. The van der Waals surface area contributed by atoms with Crippen molar-refractivity contribution >= 4 is 11.7 Å². The molecule has 19 heavy (non-hydrogen) atoms. The molecule has 0 fully saturated rings. The van der Waals surface area contributed by atoms with Gasteiger partial charge in [-0.1, -0.05) is 12.1 Å². The van der Waals surface area contributed by atoms with Crippen molar-refractivity contribution in [2.24, 2.45) is 5.73 Å². The summed E-state index contributed by atoms with van der Waals surface area (Å²) >= 11 is 0. The fraction of sp³-hybridized carbons (Fsp3) is 0.214. The minimum Gasteiger partial charge on any atom is -0.472 e. The van der Waals surface area contributed by atoms with Crippen LogP contribution in [0.4, 0.5) is 10.5 Å². The Morgan fingerprint density at radius 1 is 1.32 bits per heavy atom. The third-order valence-electron chi connectivity index (χ3n) is 2.73. The summed E-state index contributed by atoms with van der Waals surface area (Å²) in [5, 5.41) is 5.49. The van der Waals surface area contributed by atoms with Crippen LogP contribution in [-0.2, 0) is 6.54 Å². The summed E-state index contributed by atoms with van der Waals surface area (Å²) in [6.07, 6.45) is 3.17. The van der Waals surface area contributed by atoms with Crippen LogP contribution in [0, 0.1) is 0 Å². The first-order chi connectivity index (χ1) is 9.15. The molecule has 0 spiro atoms. The normalized spacial score (nSPS) is 11.9. The number of benzene rings is 1. The molecule has 0 saturated carbocycles. The lowest BCUT2D eigenvalue weighted by molar-refractivity contribution is 0.251. The van der Waals surface area contributed by atoms with E-state index in [1.807, 2.05) is 31.2 Å². The standard InChI is InChI=1S/C14H17N3O2/c1-10(15)12-2-4-13(5-3-12)17-14(18)16-8-11-6-7-19-9-11/h2-7,9-10H,8,15H2,1H3,(H2,16,17,18). The number of carbonyl (C=O) groups is 1. The highest BCUT2D eigenvalue weighted by molar-refractivity contribution is 5.89. The quantitative estimate of drug-likeness (QED) is 0.789. The predicted octanol–water partition coefficient (Wildman–Crippen LogP) is 2.62. The average Bonchev–Trinajstić information content (AvgIpc) is 2.90. The van der Waals surface area contributed by atoms with Crippen LogP contribution in [0.3, 0.4) is 0 Å². The summed E-state index contributed by atoms with van der Waals surface area (Å²) in [5.74, 6) is 0. The molecule has 5 heteroatoms. The number of anilines is 1. The molecule has 1 heterocycles. The Labute approximate surface area is 111 Å². The molecule has 0 aliphatic carbocycles. The molecular weight excluding hydrogens is 242 g/mol. The SMILES string of the molecule is CC(N)c1ccc(NC(=O)NCc2ccoc2)cc1. The molecule has 1 aromatic carbocycles. The van der Waals surface area contributed by atoms with Crippen molar-refractivity contribution < 1.29 is 9.21 Å². The number of nitrogens with one attached hydrogen (secondary N) is 2.